The Bertz CT molecular complexity index is 645. The minimum absolute atomic E-state index is 0.0492. The van der Waals surface area contributed by atoms with Crippen LogP contribution in [0.2, 0.25) is 0 Å². The van der Waals surface area contributed by atoms with Crippen molar-refractivity contribution >= 4 is 6.29 Å². The standard InChI is InChI=1S/C13H10F2N2O2/c1-7-3-11(17-13(6-18)16-7)8-4-10(15)12(19-2)5-9(8)14/h3-6H,1-2H3. The largest absolute Gasteiger partial charge is 0.494 e. The molecule has 0 saturated heterocycles. The monoisotopic (exact) mass is 264 g/mol. The van der Waals surface area contributed by atoms with E-state index in [1.807, 2.05) is 0 Å². The van der Waals surface area contributed by atoms with E-state index in [9.17, 15) is 13.6 Å². The predicted molar refractivity (Wildman–Crippen MR) is 64.1 cm³/mol. The fourth-order valence-electron chi connectivity index (χ4n) is 1.66. The Morgan fingerprint density at radius 1 is 1.16 bits per heavy atom. The zero-order valence-corrected chi connectivity index (χ0v) is 10.3. The Kier molecular flexibility index (Phi) is 3.50. The highest BCUT2D eigenvalue weighted by Gasteiger charge is 2.14. The number of carbonyl (C=O) groups is 1. The van der Waals surface area contributed by atoms with Crippen molar-refractivity contribution in [2.75, 3.05) is 7.11 Å². The summed E-state index contributed by atoms with van der Waals surface area (Å²) in [7, 11) is 1.25. The summed E-state index contributed by atoms with van der Waals surface area (Å²) in [5.41, 5.74) is 0.586. The van der Waals surface area contributed by atoms with Crippen LogP contribution in [0, 0.1) is 18.6 Å². The average molecular weight is 264 g/mol. The number of ether oxygens (including phenoxy) is 1. The molecule has 0 N–H and O–H groups in total. The number of rotatable bonds is 3. The Morgan fingerprint density at radius 3 is 2.53 bits per heavy atom. The minimum Gasteiger partial charge on any atom is -0.494 e. The average Bonchev–Trinajstić information content (AvgIpc) is 2.40. The molecular formula is C13H10F2N2O2. The molecule has 1 aromatic heterocycles. The van der Waals surface area contributed by atoms with Crippen molar-refractivity contribution in [2.24, 2.45) is 0 Å². The molecule has 0 saturated carbocycles. The lowest BCUT2D eigenvalue weighted by atomic mass is 10.1. The van der Waals surface area contributed by atoms with E-state index in [2.05, 4.69) is 14.7 Å². The van der Waals surface area contributed by atoms with E-state index >= 15 is 0 Å². The van der Waals surface area contributed by atoms with Crippen LogP contribution in [0.25, 0.3) is 11.3 Å². The number of methoxy groups -OCH3 is 1. The Labute approximate surface area is 108 Å². The van der Waals surface area contributed by atoms with Crippen molar-refractivity contribution in [3.63, 3.8) is 0 Å². The fraction of sp³-hybridized carbons (Fsp3) is 0.154. The van der Waals surface area contributed by atoms with Crippen LogP contribution in [0.3, 0.4) is 0 Å². The normalized spacial score (nSPS) is 10.3. The summed E-state index contributed by atoms with van der Waals surface area (Å²) in [5.74, 6) is -1.66. The molecule has 6 heteroatoms. The number of halogens is 2. The highest BCUT2D eigenvalue weighted by atomic mass is 19.1. The van der Waals surface area contributed by atoms with Crippen molar-refractivity contribution in [3.8, 4) is 17.0 Å². The number of nitrogens with zero attached hydrogens (tertiary/aromatic N) is 2. The van der Waals surface area contributed by atoms with Gasteiger partial charge in [-0.3, -0.25) is 4.79 Å². The van der Waals surface area contributed by atoms with Crippen LogP contribution < -0.4 is 4.74 Å². The molecule has 0 fully saturated rings. The number of aldehydes is 1. The van der Waals surface area contributed by atoms with Gasteiger partial charge in [0.05, 0.1) is 12.8 Å². The van der Waals surface area contributed by atoms with Crippen molar-refractivity contribution in [1.29, 1.82) is 0 Å². The van der Waals surface area contributed by atoms with Crippen molar-refractivity contribution < 1.29 is 18.3 Å². The summed E-state index contributed by atoms with van der Waals surface area (Å²) in [6.07, 6.45) is 0.453. The summed E-state index contributed by atoms with van der Waals surface area (Å²) in [6, 6.07) is 3.38. The van der Waals surface area contributed by atoms with Crippen LogP contribution in [0.1, 0.15) is 16.3 Å². The van der Waals surface area contributed by atoms with E-state index in [1.54, 1.807) is 6.92 Å². The number of hydrogen-bond donors (Lipinski definition) is 0. The molecule has 4 nitrogen and oxygen atoms in total. The quantitative estimate of drug-likeness (QED) is 0.799. The molecular weight excluding hydrogens is 254 g/mol. The molecule has 2 aromatic rings. The second-order valence-corrected chi connectivity index (χ2v) is 3.84. The maximum absolute atomic E-state index is 13.9. The van der Waals surface area contributed by atoms with Gasteiger partial charge in [0, 0.05) is 17.3 Å². The van der Waals surface area contributed by atoms with Gasteiger partial charge in [-0.05, 0) is 19.1 Å². The second kappa shape index (κ2) is 5.09. The molecule has 0 atom stereocenters. The second-order valence-electron chi connectivity index (χ2n) is 3.84. The molecule has 19 heavy (non-hydrogen) atoms. The van der Waals surface area contributed by atoms with Gasteiger partial charge in [0.1, 0.15) is 5.82 Å². The predicted octanol–water partition coefficient (Wildman–Crippen LogP) is 2.55. The van der Waals surface area contributed by atoms with Crippen LogP contribution >= 0.6 is 0 Å². The Morgan fingerprint density at radius 2 is 1.89 bits per heavy atom. The molecule has 0 spiro atoms. The number of hydrogen-bond acceptors (Lipinski definition) is 4. The molecule has 1 heterocycles. The van der Waals surface area contributed by atoms with Crippen LogP contribution in [-0.2, 0) is 0 Å². The third kappa shape index (κ3) is 2.57. The van der Waals surface area contributed by atoms with Crippen molar-refractivity contribution in [3.05, 3.63) is 41.4 Å². The van der Waals surface area contributed by atoms with E-state index in [4.69, 9.17) is 0 Å². The summed E-state index contributed by atoms with van der Waals surface area (Å²) >= 11 is 0. The van der Waals surface area contributed by atoms with E-state index < -0.39 is 11.6 Å². The SMILES string of the molecule is COc1cc(F)c(-c2cc(C)nc(C=O)n2)cc1F. The molecule has 0 aliphatic heterocycles. The number of benzene rings is 1. The highest BCUT2D eigenvalue weighted by Crippen LogP contribution is 2.28. The number of carbonyl (C=O) groups excluding carboxylic acids is 1. The molecule has 2 rings (SSSR count). The molecule has 1 aromatic carbocycles. The third-order valence-corrected chi connectivity index (χ3v) is 2.49. The van der Waals surface area contributed by atoms with Crippen molar-refractivity contribution in [2.45, 2.75) is 6.92 Å². The molecule has 0 bridgehead atoms. The molecule has 0 radical (unpaired) electrons. The van der Waals surface area contributed by atoms with E-state index in [0.29, 0.717) is 12.0 Å². The first-order chi connectivity index (χ1) is 9.05. The lowest BCUT2D eigenvalue weighted by Crippen LogP contribution is -2.00. The Balaban J connectivity index is 2.61. The van der Waals surface area contributed by atoms with Gasteiger partial charge in [-0.15, -0.1) is 0 Å². The molecule has 0 aliphatic carbocycles. The first kappa shape index (κ1) is 13.1. The van der Waals surface area contributed by atoms with E-state index in [-0.39, 0.29) is 22.8 Å². The van der Waals surface area contributed by atoms with E-state index in [1.165, 1.54) is 13.2 Å². The molecule has 0 amide bonds. The first-order valence-corrected chi connectivity index (χ1v) is 5.39. The molecule has 0 unspecified atom stereocenters. The fourth-order valence-corrected chi connectivity index (χ4v) is 1.66. The summed E-state index contributed by atoms with van der Waals surface area (Å²) < 4.78 is 32.2. The van der Waals surface area contributed by atoms with Crippen LogP contribution in [0.15, 0.2) is 18.2 Å². The van der Waals surface area contributed by atoms with Gasteiger partial charge in [0.2, 0.25) is 0 Å². The van der Waals surface area contributed by atoms with Gasteiger partial charge < -0.3 is 4.74 Å². The van der Waals surface area contributed by atoms with Crippen molar-refractivity contribution in [1.82, 2.24) is 9.97 Å². The van der Waals surface area contributed by atoms with Crippen LogP contribution in [-0.4, -0.2) is 23.4 Å². The third-order valence-electron chi connectivity index (χ3n) is 2.49. The van der Waals surface area contributed by atoms with Gasteiger partial charge in [-0.1, -0.05) is 0 Å². The number of aromatic nitrogens is 2. The summed E-state index contributed by atoms with van der Waals surface area (Å²) in [5, 5.41) is 0. The summed E-state index contributed by atoms with van der Waals surface area (Å²) in [6.45, 7) is 1.63. The van der Waals surface area contributed by atoms with Crippen LogP contribution in [0.4, 0.5) is 8.78 Å². The van der Waals surface area contributed by atoms with Gasteiger partial charge in [0.25, 0.3) is 0 Å². The van der Waals surface area contributed by atoms with Gasteiger partial charge in [-0.25, -0.2) is 18.7 Å². The zero-order valence-electron chi connectivity index (χ0n) is 10.3. The molecule has 98 valence electrons. The van der Waals surface area contributed by atoms with E-state index in [0.717, 1.165) is 12.1 Å². The maximum atomic E-state index is 13.9. The van der Waals surface area contributed by atoms with Gasteiger partial charge in [0.15, 0.2) is 23.7 Å². The Hall–Kier alpha value is -2.37. The topological polar surface area (TPSA) is 52.1 Å². The minimum atomic E-state index is -0.706. The van der Waals surface area contributed by atoms with Crippen LogP contribution in [0.5, 0.6) is 5.75 Å². The van der Waals surface area contributed by atoms with Gasteiger partial charge >= 0.3 is 0 Å². The highest BCUT2D eigenvalue weighted by molar-refractivity contribution is 5.71. The maximum Gasteiger partial charge on any atom is 0.193 e. The first-order valence-electron chi connectivity index (χ1n) is 5.39. The lowest BCUT2D eigenvalue weighted by Gasteiger charge is -2.07. The number of aryl methyl sites for hydroxylation is 1. The smallest absolute Gasteiger partial charge is 0.193 e. The summed E-state index contributed by atoms with van der Waals surface area (Å²) in [4.78, 5) is 18.4. The zero-order chi connectivity index (χ0) is 14.0. The lowest BCUT2D eigenvalue weighted by molar-refractivity contribution is 0.111. The molecule has 0 aliphatic rings. The van der Waals surface area contributed by atoms with Gasteiger partial charge in [-0.2, -0.15) is 0 Å².